The van der Waals surface area contributed by atoms with Crippen molar-refractivity contribution in [1.82, 2.24) is 16.0 Å². The third kappa shape index (κ3) is 5.96. The number of hydrogen-bond acceptors (Lipinski definition) is 4. The van der Waals surface area contributed by atoms with Gasteiger partial charge in [0, 0.05) is 17.6 Å². The lowest BCUT2D eigenvalue weighted by atomic mass is 10.0. The first-order chi connectivity index (χ1) is 12.9. The van der Waals surface area contributed by atoms with Crippen molar-refractivity contribution in [3.63, 3.8) is 0 Å². The Morgan fingerprint density at radius 3 is 2.33 bits per heavy atom. The number of nitrogens with one attached hydrogen (secondary N) is 3. The second kappa shape index (κ2) is 9.91. The van der Waals surface area contributed by atoms with E-state index in [1.807, 2.05) is 19.9 Å². The van der Waals surface area contributed by atoms with Crippen LogP contribution < -0.4 is 16.0 Å². The molecule has 7 nitrogen and oxygen atoms in total. The quantitative estimate of drug-likeness (QED) is 0.553. The summed E-state index contributed by atoms with van der Waals surface area (Å²) in [6.45, 7) is 4.18. The van der Waals surface area contributed by atoms with Gasteiger partial charge in [0.05, 0.1) is 11.8 Å². The van der Waals surface area contributed by atoms with Crippen LogP contribution in [-0.2, 0) is 4.79 Å². The lowest BCUT2D eigenvalue weighted by Crippen LogP contribution is -2.50. The summed E-state index contributed by atoms with van der Waals surface area (Å²) in [5.41, 5.74) is 0.460. The van der Waals surface area contributed by atoms with Crippen molar-refractivity contribution in [1.29, 1.82) is 0 Å². The molecule has 144 valence electrons. The normalized spacial score (nSPS) is 11.7. The fourth-order valence-electron chi connectivity index (χ4n) is 2.37. The molecule has 3 amide bonds. The third-order valence-corrected chi connectivity index (χ3v) is 4.50. The van der Waals surface area contributed by atoms with E-state index >= 15 is 0 Å². The van der Waals surface area contributed by atoms with E-state index in [1.54, 1.807) is 30.3 Å². The minimum Gasteiger partial charge on any atom is -0.459 e. The summed E-state index contributed by atoms with van der Waals surface area (Å²) < 4.78 is 5.65. The van der Waals surface area contributed by atoms with Gasteiger partial charge in [0.1, 0.15) is 6.04 Å². The van der Waals surface area contributed by atoms with Gasteiger partial charge >= 0.3 is 0 Å². The molecule has 0 saturated carbocycles. The fourth-order valence-corrected chi connectivity index (χ4v) is 2.83. The first-order valence-electron chi connectivity index (χ1n) is 8.55. The Balaban J connectivity index is 1.84. The maximum atomic E-state index is 12.4. The van der Waals surface area contributed by atoms with Crippen molar-refractivity contribution in [3.8, 4) is 0 Å². The van der Waals surface area contributed by atoms with Crippen molar-refractivity contribution in [2.45, 2.75) is 19.9 Å². The van der Waals surface area contributed by atoms with E-state index in [4.69, 9.17) is 4.42 Å². The molecule has 0 aliphatic carbocycles. The summed E-state index contributed by atoms with van der Waals surface area (Å²) in [5.74, 6) is -0.881. The van der Waals surface area contributed by atoms with Gasteiger partial charge in [-0.3, -0.25) is 14.4 Å². The van der Waals surface area contributed by atoms with E-state index in [1.165, 1.54) is 6.26 Å². The first-order valence-corrected chi connectivity index (χ1v) is 9.34. The van der Waals surface area contributed by atoms with Crippen LogP contribution in [0.25, 0.3) is 0 Å². The van der Waals surface area contributed by atoms with Crippen molar-refractivity contribution >= 4 is 33.7 Å². The summed E-state index contributed by atoms with van der Waals surface area (Å²) in [6.07, 6.45) is 1.41. The Hall–Kier alpha value is -2.61. The van der Waals surface area contributed by atoms with E-state index in [-0.39, 0.29) is 42.5 Å². The molecule has 0 bridgehead atoms. The minimum absolute atomic E-state index is 0.103. The predicted molar refractivity (Wildman–Crippen MR) is 104 cm³/mol. The topological polar surface area (TPSA) is 100 Å². The number of rotatable bonds is 8. The summed E-state index contributed by atoms with van der Waals surface area (Å²) in [4.78, 5) is 36.6. The second-order valence-electron chi connectivity index (χ2n) is 6.20. The summed E-state index contributed by atoms with van der Waals surface area (Å²) >= 11 is 3.33. The Morgan fingerprint density at radius 2 is 1.70 bits per heavy atom. The smallest absolute Gasteiger partial charge is 0.287 e. The first kappa shape index (κ1) is 20.7. The van der Waals surface area contributed by atoms with Crippen molar-refractivity contribution in [3.05, 3.63) is 58.5 Å². The van der Waals surface area contributed by atoms with Crippen LogP contribution in [0.5, 0.6) is 0 Å². The van der Waals surface area contributed by atoms with Gasteiger partial charge in [-0.1, -0.05) is 26.0 Å². The highest BCUT2D eigenvalue weighted by Gasteiger charge is 2.25. The summed E-state index contributed by atoms with van der Waals surface area (Å²) in [6, 6.07) is 9.50. The highest BCUT2D eigenvalue weighted by molar-refractivity contribution is 9.10. The molecule has 1 aromatic heterocycles. The fraction of sp³-hybridized carbons (Fsp3) is 0.316. The lowest BCUT2D eigenvalue weighted by Gasteiger charge is -2.22. The molecule has 1 atom stereocenters. The molecule has 2 aromatic rings. The van der Waals surface area contributed by atoms with Crippen molar-refractivity contribution in [2.24, 2.45) is 5.92 Å². The van der Waals surface area contributed by atoms with E-state index < -0.39 is 6.04 Å². The lowest BCUT2D eigenvalue weighted by molar-refractivity contribution is -0.123. The molecule has 27 heavy (non-hydrogen) atoms. The number of carbonyl (C=O) groups is 3. The van der Waals surface area contributed by atoms with Gasteiger partial charge in [-0.05, 0) is 46.1 Å². The van der Waals surface area contributed by atoms with Gasteiger partial charge in [0.2, 0.25) is 5.91 Å². The van der Waals surface area contributed by atoms with Crippen LogP contribution in [0.1, 0.15) is 34.8 Å². The Bertz CT molecular complexity index is 790. The van der Waals surface area contributed by atoms with Crippen LogP contribution in [0.15, 0.2) is 51.6 Å². The van der Waals surface area contributed by atoms with Crippen LogP contribution in [0, 0.1) is 5.92 Å². The molecular weight excluding hydrogens is 414 g/mol. The van der Waals surface area contributed by atoms with Crippen LogP contribution >= 0.6 is 15.9 Å². The molecule has 0 unspecified atom stereocenters. The second-order valence-corrected chi connectivity index (χ2v) is 7.05. The van der Waals surface area contributed by atoms with Crippen LogP contribution in [-0.4, -0.2) is 36.9 Å². The SMILES string of the molecule is CC(C)[C@@H](NC(=O)c1ccccc1Br)C(=O)NCCNC(=O)c1ccco1. The number of benzene rings is 1. The highest BCUT2D eigenvalue weighted by Crippen LogP contribution is 2.16. The van der Waals surface area contributed by atoms with Gasteiger partial charge in [0.25, 0.3) is 11.8 Å². The van der Waals surface area contributed by atoms with Crippen molar-refractivity contribution < 1.29 is 18.8 Å². The summed E-state index contributed by atoms with van der Waals surface area (Å²) in [7, 11) is 0. The molecule has 0 aliphatic heterocycles. The van der Waals surface area contributed by atoms with Crippen LogP contribution in [0.4, 0.5) is 0 Å². The van der Waals surface area contributed by atoms with E-state index in [2.05, 4.69) is 31.9 Å². The number of hydrogen-bond donors (Lipinski definition) is 3. The molecular formula is C19H22BrN3O4. The Kier molecular flexibility index (Phi) is 7.60. The largest absolute Gasteiger partial charge is 0.459 e. The monoisotopic (exact) mass is 435 g/mol. The number of furan rings is 1. The van der Waals surface area contributed by atoms with Gasteiger partial charge in [0.15, 0.2) is 5.76 Å². The predicted octanol–water partition coefficient (Wildman–Crippen LogP) is 2.34. The minimum atomic E-state index is -0.689. The zero-order chi connectivity index (χ0) is 19.8. The summed E-state index contributed by atoms with van der Waals surface area (Å²) in [5, 5.41) is 8.13. The van der Waals surface area contributed by atoms with E-state index in [0.29, 0.717) is 10.0 Å². The molecule has 0 fully saturated rings. The van der Waals surface area contributed by atoms with Gasteiger partial charge < -0.3 is 20.4 Å². The molecule has 0 saturated heterocycles. The average molecular weight is 436 g/mol. The zero-order valence-electron chi connectivity index (χ0n) is 15.1. The van der Waals surface area contributed by atoms with E-state index in [9.17, 15) is 14.4 Å². The molecule has 8 heteroatoms. The van der Waals surface area contributed by atoms with Gasteiger partial charge in [-0.15, -0.1) is 0 Å². The van der Waals surface area contributed by atoms with Gasteiger partial charge in [-0.2, -0.15) is 0 Å². The number of carbonyl (C=O) groups excluding carboxylic acids is 3. The molecule has 0 radical (unpaired) electrons. The molecule has 0 aliphatic rings. The number of amides is 3. The average Bonchev–Trinajstić information content (AvgIpc) is 3.17. The van der Waals surface area contributed by atoms with Crippen LogP contribution in [0.3, 0.4) is 0 Å². The molecule has 3 N–H and O–H groups in total. The molecule has 0 spiro atoms. The molecule has 1 heterocycles. The Morgan fingerprint density at radius 1 is 1.00 bits per heavy atom. The number of halogens is 1. The standard InChI is InChI=1S/C19H22BrN3O4/c1-12(2)16(23-17(24)13-6-3-4-7-14(13)20)19(26)22-10-9-21-18(25)15-8-5-11-27-15/h3-8,11-12,16H,9-10H2,1-2H3,(H,21,25)(H,22,26)(H,23,24)/t16-/m1/s1. The maximum Gasteiger partial charge on any atom is 0.287 e. The molecule has 1 aromatic carbocycles. The third-order valence-electron chi connectivity index (χ3n) is 3.81. The van der Waals surface area contributed by atoms with Crippen molar-refractivity contribution in [2.75, 3.05) is 13.1 Å². The molecule has 2 rings (SSSR count). The highest BCUT2D eigenvalue weighted by atomic mass is 79.9. The van der Waals surface area contributed by atoms with Crippen LogP contribution in [0.2, 0.25) is 0 Å². The van der Waals surface area contributed by atoms with Gasteiger partial charge in [-0.25, -0.2) is 0 Å². The zero-order valence-corrected chi connectivity index (χ0v) is 16.7. The Labute approximate surface area is 166 Å². The maximum absolute atomic E-state index is 12.4. The van der Waals surface area contributed by atoms with E-state index in [0.717, 1.165) is 0 Å².